The number of hydrogen-bond acceptors (Lipinski definition) is 5. The molecule has 0 aliphatic carbocycles. The maximum absolute atomic E-state index is 11.4. The maximum Gasteiger partial charge on any atom is 0.358 e. The molecule has 0 aliphatic rings. The Hall–Kier alpha value is -0.690. The minimum absolute atomic E-state index is 0.121. The molecular weight excluding hydrogens is 332 g/mol. The van der Waals surface area contributed by atoms with Crippen molar-refractivity contribution < 1.29 is 14.3 Å². The van der Waals surface area contributed by atoms with E-state index in [1.165, 1.54) is 20.4 Å². The van der Waals surface area contributed by atoms with Crippen molar-refractivity contribution in [2.24, 2.45) is 0 Å². The first-order chi connectivity index (χ1) is 7.10. The Labute approximate surface area is 103 Å². The number of rotatable bonds is 3. The van der Waals surface area contributed by atoms with Crippen LogP contribution in [0.1, 0.15) is 19.9 Å². The predicted molar refractivity (Wildman–Crippen MR) is 60.5 cm³/mol. The summed E-state index contributed by atoms with van der Waals surface area (Å²) in [6, 6.07) is 0. The van der Waals surface area contributed by atoms with E-state index < -0.39 is 5.97 Å². The normalized spacial score (nSPS) is 10.2. The lowest BCUT2D eigenvalue weighted by Crippen LogP contribution is -2.11. The number of methoxy groups -OCH3 is 2. The first-order valence-electron chi connectivity index (χ1n) is 3.87. The predicted octanol–water partition coefficient (Wildman–Crippen LogP) is 2.06. The van der Waals surface area contributed by atoms with Crippen LogP contribution in [0.4, 0.5) is 0 Å². The Morgan fingerprint density at radius 2 is 2.13 bits per heavy atom. The first-order valence-corrected chi connectivity index (χ1v) is 5.70. The smallest absolute Gasteiger partial charge is 0.358 e. The first kappa shape index (κ1) is 12.4. The van der Waals surface area contributed by atoms with E-state index in [4.69, 9.17) is 4.74 Å². The molecule has 1 aromatic rings. The molecule has 0 unspecified atom stereocenters. The van der Waals surface area contributed by atoms with Crippen LogP contribution in [0.2, 0.25) is 0 Å². The molecule has 0 fully saturated rings. The quantitative estimate of drug-likeness (QED) is 0.623. The Kier molecular flexibility index (Phi) is 4.46. The van der Waals surface area contributed by atoms with Crippen LogP contribution in [-0.4, -0.2) is 30.2 Å². The van der Waals surface area contributed by atoms with E-state index in [1.807, 2.05) is 0 Å². The van der Waals surface area contributed by atoms with Gasteiger partial charge in [0.25, 0.3) is 0 Å². The summed E-state index contributed by atoms with van der Waals surface area (Å²) >= 11 is 6.49. The molecule has 0 amide bonds. The molecule has 5 nitrogen and oxygen atoms in total. The summed E-state index contributed by atoms with van der Waals surface area (Å²) in [5.41, 5.74) is 0.568. The second-order valence-corrected chi connectivity index (χ2v) is 5.50. The number of halogens is 2. The van der Waals surface area contributed by atoms with Crippen molar-refractivity contribution in [3.63, 3.8) is 0 Å². The second kappa shape index (κ2) is 5.41. The summed E-state index contributed by atoms with van der Waals surface area (Å²) in [4.78, 5) is 19.4. The van der Waals surface area contributed by atoms with E-state index in [0.717, 1.165) is 0 Å². The van der Waals surface area contributed by atoms with Crippen molar-refractivity contribution in [1.29, 1.82) is 0 Å². The zero-order chi connectivity index (χ0) is 11.4. The second-order valence-electron chi connectivity index (χ2n) is 2.44. The minimum atomic E-state index is -0.555. The number of carbonyl (C=O) groups excluding carboxylic acids is 1. The summed E-state index contributed by atoms with van der Waals surface area (Å²) < 4.78 is 9.19. The fourth-order valence-electron chi connectivity index (χ4n) is 0.887. The lowest BCUT2D eigenvalue weighted by atomic mass is 10.3. The zero-order valence-corrected chi connectivity index (χ0v) is 11.2. The average Bonchev–Trinajstić information content (AvgIpc) is 2.26. The number of carbonyl (C=O) groups is 1. The number of hydrogen-bond donors (Lipinski definition) is 0. The van der Waals surface area contributed by atoms with Crippen LogP contribution < -0.4 is 4.74 Å². The summed E-state index contributed by atoms with van der Waals surface area (Å²) in [6.45, 7) is 0. The van der Waals surface area contributed by atoms with Gasteiger partial charge in [-0.05, 0) is 0 Å². The van der Waals surface area contributed by atoms with Crippen LogP contribution in [0.25, 0.3) is 0 Å². The summed E-state index contributed by atoms with van der Waals surface area (Å²) in [7, 11) is 2.73. The van der Waals surface area contributed by atoms with E-state index in [-0.39, 0.29) is 15.3 Å². The highest BCUT2D eigenvalue weighted by atomic mass is 79.9. The van der Waals surface area contributed by atoms with Gasteiger partial charge in [0.15, 0.2) is 5.69 Å². The van der Waals surface area contributed by atoms with Crippen LogP contribution >= 0.6 is 31.9 Å². The molecule has 0 saturated heterocycles. The van der Waals surface area contributed by atoms with Crippen molar-refractivity contribution in [2.75, 3.05) is 14.2 Å². The van der Waals surface area contributed by atoms with Crippen molar-refractivity contribution in [2.45, 2.75) is 3.74 Å². The van der Waals surface area contributed by atoms with Gasteiger partial charge in [0.05, 0.1) is 26.1 Å². The topological polar surface area (TPSA) is 61.3 Å². The number of esters is 1. The molecule has 1 aromatic heterocycles. The molecule has 0 aliphatic heterocycles. The summed E-state index contributed by atoms with van der Waals surface area (Å²) in [5.74, 6) is -0.292. The van der Waals surface area contributed by atoms with E-state index in [9.17, 15) is 4.79 Å². The van der Waals surface area contributed by atoms with Gasteiger partial charge in [-0.15, -0.1) is 0 Å². The molecular formula is C8H8Br2N2O3. The van der Waals surface area contributed by atoms with Crippen molar-refractivity contribution in [3.05, 3.63) is 17.6 Å². The Balaban J connectivity index is 3.22. The maximum atomic E-state index is 11.4. The van der Waals surface area contributed by atoms with Gasteiger partial charge in [0.2, 0.25) is 5.88 Å². The molecule has 7 heteroatoms. The highest BCUT2D eigenvalue weighted by Crippen LogP contribution is 2.30. The van der Waals surface area contributed by atoms with Gasteiger partial charge in [-0.2, -0.15) is 0 Å². The van der Waals surface area contributed by atoms with Gasteiger partial charge >= 0.3 is 5.97 Å². The van der Waals surface area contributed by atoms with Gasteiger partial charge < -0.3 is 9.47 Å². The molecule has 0 aromatic carbocycles. The number of nitrogens with zero attached hydrogens (tertiary/aromatic N) is 2. The van der Waals surface area contributed by atoms with Crippen LogP contribution in [0.3, 0.4) is 0 Å². The Bertz CT molecular complexity index is 371. The third-order valence-corrected chi connectivity index (χ3v) is 2.44. The van der Waals surface area contributed by atoms with Crippen LogP contribution in [0.5, 0.6) is 5.88 Å². The summed E-state index contributed by atoms with van der Waals surface area (Å²) in [6.07, 6.45) is 1.43. The van der Waals surface area contributed by atoms with Crippen molar-refractivity contribution in [1.82, 2.24) is 9.97 Å². The fraction of sp³-hybridized carbons (Fsp3) is 0.375. The van der Waals surface area contributed by atoms with Crippen molar-refractivity contribution in [3.8, 4) is 5.88 Å². The average molecular weight is 340 g/mol. The van der Waals surface area contributed by atoms with Crippen LogP contribution in [0, 0.1) is 0 Å². The molecule has 0 radical (unpaired) electrons. The molecule has 0 saturated carbocycles. The molecule has 0 atom stereocenters. The number of aromatic nitrogens is 2. The van der Waals surface area contributed by atoms with E-state index in [0.29, 0.717) is 5.69 Å². The van der Waals surface area contributed by atoms with Gasteiger partial charge in [0, 0.05) is 0 Å². The molecule has 0 spiro atoms. The number of alkyl halides is 2. The monoisotopic (exact) mass is 338 g/mol. The molecule has 82 valence electrons. The van der Waals surface area contributed by atoms with Gasteiger partial charge in [-0.25, -0.2) is 9.78 Å². The largest absolute Gasteiger partial charge is 0.480 e. The van der Waals surface area contributed by atoms with E-state index in [2.05, 4.69) is 46.6 Å². The lowest BCUT2D eigenvalue weighted by Gasteiger charge is -2.08. The third-order valence-electron chi connectivity index (χ3n) is 1.57. The molecule has 0 N–H and O–H groups in total. The molecule has 15 heavy (non-hydrogen) atoms. The van der Waals surface area contributed by atoms with Gasteiger partial charge in [-0.1, -0.05) is 31.9 Å². The summed E-state index contributed by atoms with van der Waals surface area (Å²) in [5, 5.41) is 0. The number of ether oxygens (including phenoxy) is 2. The standard InChI is InChI=1S/C8H8Br2N2O3/c1-14-4-3-11-5(7(9)10)6(12-4)8(13)15-2/h3,7H,1-2H3. The van der Waals surface area contributed by atoms with E-state index >= 15 is 0 Å². The lowest BCUT2D eigenvalue weighted by molar-refractivity contribution is 0.0591. The minimum Gasteiger partial charge on any atom is -0.480 e. The Morgan fingerprint density at radius 1 is 1.47 bits per heavy atom. The zero-order valence-electron chi connectivity index (χ0n) is 8.03. The SMILES string of the molecule is COC(=O)c1nc(OC)cnc1C(Br)Br. The molecule has 0 bridgehead atoms. The highest BCUT2D eigenvalue weighted by Gasteiger charge is 2.20. The Morgan fingerprint density at radius 3 is 2.60 bits per heavy atom. The van der Waals surface area contributed by atoms with Crippen LogP contribution in [-0.2, 0) is 4.74 Å². The third kappa shape index (κ3) is 2.88. The van der Waals surface area contributed by atoms with E-state index in [1.54, 1.807) is 0 Å². The van der Waals surface area contributed by atoms with Gasteiger partial charge in [-0.3, -0.25) is 4.98 Å². The fourth-order valence-corrected chi connectivity index (χ4v) is 1.56. The van der Waals surface area contributed by atoms with Crippen molar-refractivity contribution >= 4 is 37.8 Å². The van der Waals surface area contributed by atoms with Crippen LogP contribution in [0.15, 0.2) is 6.20 Å². The molecule has 1 rings (SSSR count). The van der Waals surface area contributed by atoms with Gasteiger partial charge in [0.1, 0.15) is 3.74 Å². The molecule has 1 heterocycles. The highest BCUT2D eigenvalue weighted by molar-refractivity contribution is 9.24.